The minimum absolute atomic E-state index is 0.750. The van der Waals surface area contributed by atoms with Crippen molar-refractivity contribution in [1.29, 1.82) is 10.8 Å². The molecule has 2 aromatic rings. The van der Waals surface area contributed by atoms with Crippen molar-refractivity contribution < 1.29 is 19.1 Å². The second-order valence-corrected chi connectivity index (χ2v) is 3.67. The van der Waals surface area contributed by atoms with Crippen LogP contribution in [0.5, 0.6) is 11.5 Å². The van der Waals surface area contributed by atoms with Crippen LogP contribution >= 0.6 is 0 Å². The predicted molar refractivity (Wildman–Crippen MR) is 81.8 cm³/mol. The molecular formula is C16H16N2O4. The molecule has 0 aliphatic carbocycles. The van der Waals surface area contributed by atoms with Crippen LogP contribution in [-0.2, 0) is 9.59 Å². The van der Waals surface area contributed by atoms with E-state index in [9.17, 15) is 0 Å². The molecule has 0 aliphatic rings. The van der Waals surface area contributed by atoms with Crippen LogP contribution < -0.4 is 9.47 Å². The van der Waals surface area contributed by atoms with Crippen LogP contribution in [0, 0.1) is 10.8 Å². The van der Waals surface area contributed by atoms with Gasteiger partial charge in [-0.3, -0.25) is 0 Å². The van der Waals surface area contributed by atoms with Gasteiger partial charge in [0.2, 0.25) is 12.2 Å². The summed E-state index contributed by atoms with van der Waals surface area (Å²) in [5.41, 5.74) is 2.25. The van der Waals surface area contributed by atoms with Gasteiger partial charge in [-0.05, 0) is 35.4 Å². The van der Waals surface area contributed by atoms with Crippen molar-refractivity contribution in [2.45, 2.75) is 0 Å². The van der Waals surface area contributed by atoms with Gasteiger partial charge in [0.05, 0.1) is 14.2 Å². The number of rotatable bonds is 3. The fraction of sp³-hybridized carbons (Fsp3) is 0.125. The summed E-state index contributed by atoms with van der Waals surface area (Å²) in [4.78, 5) is 16.7. The second kappa shape index (κ2) is 11.6. The summed E-state index contributed by atoms with van der Waals surface area (Å²) < 4.78 is 10.4. The van der Waals surface area contributed by atoms with Crippen molar-refractivity contribution in [2.75, 3.05) is 14.2 Å². The molecule has 0 atom stereocenters. The van der Waals surface area contributed by atoms with Crippen molar-refractivity contribution in [3.05, 3.63) is 48.5 Å². The highest BCUT2D eigenvalue weighted by Gasteiger charge is 2.00. The summed E-state index contributed by atoms with van der Waals surface area (Å²) >= 11 is 0. The zero-order valence-electron chi connectivity index (χ0n) is 12.3. The zero-order valence-corrected chi connectivity index (χ0v) is 12.3. The maximum atomic E-state index is 8.35. The average Bonchev–Trinajstić information content (AvgIpc) is 2.56. The van der Waals surface area contributed by atoms with Crippen LogP contribution in [0.1, 0.15) is 0 Å². The van der Waals surface area contributed by atoms with Crippen molar-refractivity contribution in [2.24, 2.45) is 0 Å². The Hall–Kier alpha value is -3.20. The Kier molecular flexibility index (Phi) is 9.92. The lowest BCUT2D eigenvalue weighted by Gasteiger charge is -2.06. The van der Waals surface area contributed by atoms with Crippen LogP contribution in [0.4, 0.5) is 0 Å². The molecular weight excluding hydrogens is 284 g/mol. The molecule has 0 aliphatic heterocycles. The summed E-state index contributed by atoms with van der Waals surface area (Å²) in [7, 11) is 3.34. The van der Waals surface area contributed by atoms with Gasteiger partial charge in [0.1, 0.15) is 11.5 Å². The normalized spacial score (nSPS) is 7.91. The fourth-order valence-corrected chi connectivity index (χ4v) is 1.61. The van der Waals surface area contributed by atoms with E-state index in [4.69, 9.17) is 29.9 Å². The monoisotopic (exact) mass is 300 g/mol. The number of hydrogen-bond donors (Lipinski definition) is 2. The Balaban J connectivity index is 0.000000639. The maximum Gasteiger partial charge on any atom is 0.231 e. The van der Waals surface area contributed by atoms with E-state index < -0.39 is 0 Å². The van der Waals surface area contributed by atoms with Gasteiger partial charge in [0, 0.05) is 0 Å². The first-order valence-electron chi connectivity index (χ1n) is 6.03. The minimum atomic E-state index is 0.750. The van der Waals surface area contributed by atoms with Crippen LogP contribution in [0.15, 0.2) is 48.5 Å². The standard InChI is InChI=1S/C14H14O2.2CHNO/c1-15-13-7-3-5-11(9-13)12-6-4-8-14(10-12)16-2;2*2-1-3/h3-10H,1-2H3;2*2H. The molecule has 0 fully saturated rings. The molecule has 0 heterocycles. The third-order valence-corrected chi connectivity index (χ3v) is 2.47. The first-order valence-corrected chi connectivity index (χ1v) is 6.03. The molecule has 0 bridgehead atoms. The number of ether oxygens (including phenoxy) is 2. The highest BCUT2D eigenvalue weighted by molar-refractivity contribution is 5.66. The Morgan fingerprint density at radius 2 is 1.09 bits per heavy atom. The van der Waals surface area contributed by atoms with Crippen LogP contribution in [0.2, 0.25) is 0 Å². The van der Waals surface area contributed by atoms with Gasteiger partial charge in [0.25, 0.3) is 0 Å². The third kappa shape index (κ3) is 6.82. The summed E-state index contributed by atoms with van der Waals surface area (Å²) in [6.45, 7) is 0. The van der Waals surface area contributed by atoms with Gasteiger partial charge in [-0.2, -0.15) is 0 Å². The minimum Gasteiger partial charge on any atom is -0.497 e. The zero-order chi connectivity index (χ0) is 16.8. The number of benzene rings is 2. The van der Waals surface area contributed by atoms with Crippen molar-refractivity contribution in [3.63, 3.8) is 0 Å². The Morgan fingerprint density at radius 3 is 1.36 bits per heavy atom. The van der Waals surface area contributed by atoms with E-state index in [1.807, 2.05) is 36.4 Å². The van der Waals surface area contributed by atoms with Gasteiger partial charge < -0.3 is 9.47 Å². The van der Waals surface area contributed by atoms with Gasteiger partial charge in [0.15, 0.2) is 0 Å². The van der Waals surface area contributed by atoms with Crippen molar-refractivity contribution in [1.82, 2.24) is 0 Å². The highest BCUT2D eigenvalue weighted by atomic mass is 16.5. The molecule has 0 saturated carbocycles. The molecule has 0 spiro atoms. The summed E-state index contributed by atoms with van der Waals surface area (Å²) in [5, 5.41) is 10.8. The lowest BCUT2D eigenvalue weighted by Crippen LogP contribution is -1.85. The third-order valence-electron chi connectivity index (χ3n) is 2.47. The first kappa shape index (κ1) is 18.8. The number of isocyanates is 2. The SMILES string of the molecule is COc1cccc(-c2cccc(OC)c2)c1.N=C=O.N=C=O. The van der Waals surface area contributed by atoms with Gasteiger partial charge in [-0.1, -0.05) is 24.3 Å². The Bertz CT molecular complexity index is 587. The largest absolute Gasteiger partial charge is 0.497 e. The quantitative estimate of drug-likeness (QED) is 0.671. The van der Waals surface area contributed by atoms with E-state index >= 15 is 0 Å². The van der Waals surface area contributed by atoms with Gasteiger partial charge in [-0.15, -0.1) is 0 Å². The summed E-state index contributed by atoms with van der Waals surface area (Å²) in [6, 6.07) is 16.0. The Labute approximate surface area is 128 Å². The van der Waals surface area contributed by atoms with E-state index in [0.29, 0.717) is 0 Å². The van der Waals surface area contributed by atoms with Crippen molar-refractivity contribution in [3.8, 4) is 22.6 Å². The first-order chi connectivity index (χ1) is 10.7. The number of methoxy groups -OCH3 is 2. The number of hydrogen-bond acceptors (Lipinski definition) is 6. The van der Waals surface area contributed by atoms with E-state index in [1.165, 1.54) is 0 Å². The average molecular weight is 300 g/mol. The van der Waals surface area contributed by atoms with Gasteiger partial charge in [-0.25, -0.2) is 20.4 Å². The van der Waals surface area contributed by atoms with Crippen LogP contribution in [0.25, 0.3) is 11.1 Å². The molecule has 2 rings (SSSR count). The summed E-state index contributed by atoms with van der Waals surface area (Å²) in [6.07, 6.45) is 1.50. The molecule has 6 nitrogen and oxygen atoms in total. The predicted octanol–water partition coefficient (Wildman–Crippen LogP) is 3.17. The topological polar surface area (TPSA) is 100 Å². The molecule has 114 valence electrons. The van der Waals surface area contributed by atoms with E-state index in [0.717, 1.165) is 34.8 Å². The molecule has 2 aromatic carbocycles. The molecule has 0 unspecified atom stereocenters. The lowest BCUT2D eigenvalue weighted by molar-refractivity contribution is 0.414. The highest BCUT2D eigenvalue weighted by Crippen LogP contribution is 2.26. The molecule has 2 N–H and O–H groups in total. The van der Waals surface area contributed by atoms with E-state index in [2.05, 4.69) is 12.1 Å². The molecule has 22 heavy (non-hydrogen) atoms. The lowest BCUT2D eigenvalue weighted by atomic mass is 10.1. The smallest absolute Gasteiger partial charge is 0.231 e. The van der Waals surface area contributed by atoms with E-state index in [-0.39, 0.29) is 0 Å². The molecule has 6 heteroatoms. The fourth-order valence-electron chi connectivity index (χ4n) is 1.61. The maximum absolute atomic E-state index is 8.35. The molecule has 0 radical (unpaired) electrons. The van der Waals surface area contributed by atoms with E-state index in [1.54, 1.807) is 14.2 Å². The number of carbonyl (C=O) groups excluding carboxylic acids is 2. The molecule has 0 aromatic heterocycles. The van der Waals surface area contributed by atoms with Crippen molar-refractivity contribution >= 4 is 12.2 Å². The molecule has 0 saturated heterocycles. The number of nitrogens with one attached hydrogen (secondary N) is 2. The summed E-state index contributed by atoms with van der Waals surface area (Å²) in [5.74, 6) is 1.72. The van der Waals surface area contributed by atoms with Gasteiger partial charge >= 0.3 is 0 Å². The van der Waals surface area contributed by atoms with Crippen LogP contribution in [0.3, 0.4) is 0 Å². The molecule has 0 amide bonds. The second-order valence-electron chi connectivity index (χ2n) is 3.67. The Morgan fingerprint density at radius 1 is 0.773 bits per heavy atom. The van der Waals surface area contributed by atoms with Crippen LogP contribution in [-0.4, -0.2) is 26.4 Å².